The molecule has 0 saturated carbocycles. The summed E-state index contributed by atoms with van der Waals surface area (Å²) < 4.78 is 0. The normalized spacial score (nSPS) is 10.2. The molecule has 0 fully saturated rings. The van der Waals surface area contributed by atoms with Crippen molar-refractivity contribution in [2.75, 3.05) is 11.9 Å². The minimum Gasteiger partial charge on any atom is -0.376 e. The van der Waals surface area contributed by atoms with Crippen molar-refractivity contribution in [3.8, 4) is 0 Å². The number of hydrogen-bond acceptors (Lipinski definition) is 2. The van der Waals surface area contributed by atoms with Crippen molar-refractivity contribution < 1.29 is 4.79 Å². The van der Waals surface area contributed by atoms with Crippen LogP contribution in [0.15, 0.2) is 42.5 Å². The maximum Gasteiger partial charge on any atom is 0.239 e. The molecule has 0 saturated heterocycles. The summed E-state index contributed by atoms with van der Waals surface area (Å²) in [5, 5.41) is 7.23. The first-order valence-corrected chi connectivity index (χ1v) is 7.32. The van der Waals surface area contributed by atoms with Gasteiger partial charge in [0.05, 0.1) is 6.54 Å². The number of rotatable bonds is 5. The van der Waals surface area contributed by atoms with Gasteiger partial charge in [0.1, 0.15) is 0 Å². The maximum atomic E-state index is 11.8. The van der Waals surface area contributed by atoms with E-state index in [4.69, 9.17) is 23.2 Å². The fourth-order valence-electron chi connectivity index (χ4n) is 1.87. The molecule has 0 bridgehead atoms. The highest BCUT2D eigenvalue weighted by atomic mass is 35.5. The number of hydrogen-bond donors (Lipinski definition) is 2. The molecule has 3 nitrogen and oxygen atoms in total. The van der Waals surface area contributed by atoms with Crippen molar-refractivity contribution in [2.24, 2.45) is 0 Å². The van der Waals surface area contributed by atoms with Gasteiger partial charge < -0.3 is 10.6 Å². The molecule has 0 aliphatic rings. The minimum absolute atomic E-state index is 0.103. The molecule has 0 aliphatic carbocycles. The van der Waals surface area contributed by atoms with Gasteiger partial charge in [0, 0.05) is 22.3 Å². The second-order valence-electron chi connectivity index (χ2n) is 4.63. The van der Waals surface area contributed by atoms with Gasteiger partial charge in [-0.05, 0) is 36.2 Å². The van der Waals surface area contributed by atoms with Crippen molar-refractivity contribution in [1.29, 1.82) is 0 Å². The Morgan fingerprint density at radius 2 is 1.76 bits per heavy atom. The second kappa shape index (κ2) is 7.34. The molecule has 110 valence electrons. The van der Waals surface area contributed by atoms with Gasteiger partial charge in [-0.15, -0.1) is 0 Å². The summed E-state index contributed by atoms with van der Waals surface area (Å²) in [4.78, 5) is 11.8. The zero-order valence-corrected chi connectivity index (χ0v) is 13.1. The van der Waals surface area contributed by atoms with E-state index in [0.29, 0.717) is 16.6 Å². The Bertz CT molecular complexity index is 644. The Balaban J connectivity index is 1.85. The molecule has 2 rings (SSSR count). The van der Waals surface area contributed by atoms with Crippen molar-refractivity contribution in [3.63, 3.8) is 0 Å². The van der Waals surface area contributed by atoms with E-state index in [1.165, 1.54) is 0 Å². The molecule has 0 aliphatic heterocycles. The van der Waals surface area contributed by atoms with Gasteiger partial charge in [-0.25, -0.2) is 0 Å². The number of benzene rings is 2. The van der Waals surface area contributed by atoms with E-state index in [-0.39, 0.29) is 12.5 Å². The molecule has 5 heteroatoms. The van der Waals surface area contributed by atoms with Crippen LogP contribution in [0.25, 0.3) is 0 Å². The first-order valence-electron chi connectivity index (χ1n) is 6.57. The molecule has 2 N–H and O–H groups in total. The van der Waals surface area contributed by atoms with Crippen LogP contribution in [0.3, 0.4) is 0 Å². The predicted molar refractivity (Wildman–Crippen MR) is 88.0 cm³/mol. The van der Waals surface area contributed by atoms with Gasteiger partial charge in [0.2, 0.25) is 5.91 Å². The SMILES string of the molecule is Cc1c(Cl)cccc1NCC(=O)NCc1ccccc1Cl. The molecular formula is C16H16Cl2N2O. The van der Waals surface area contributed by atoms with Crippen LogP contribution in [-0.2, 0) is 11.3 Å². The zero-order valence-electron chi connectivity index (χ0n) is 11.6. The average molecular weight is 323 g/mol. The van der Waals surface area contributed by atoms with Crippen LogP contribution in [-0.4, -0.2) is 12.5 Å². The molecule has 2 aromatic carbocycles. The van der Waals surface area contributed by atoms with Gasteiger partial charge in [0.15, 0.2) is 0 Å². The minimum atomic E-state index is -0.103. The quantitative estimate of drug-likeness (QED) is 0.872. The van der Waals surface area contributed by atoms with Crippen molar-refractivity contribution in [2.45, 2.75) is 13.5 Å². The van der Waals surface area contributed by atoms with E-state index in [1.807, 2.05) is 43.3 Å². The first-order chi connectivity index (χ1) is 10.1. The standard InChI is InChI=1S/C16H16Cl2N2O/c1-11-13(17)7-4-8-15(11)19-10-16(21)20-9-12-5-2-3-6-14(12)18/h2-8,19H,9-10H2,1H3,(H,20,21). The van der Waals surface area contributed by atoms with E-state index < -0.39 is 0 Å². The van der Waals surface area contributed by atoms with Gasteiger partial charge in [-0.3, -0.25) is 4.79 Å². The summed E-state index contributed by atoms with van der Waals surface area (Å²) in [6.45, 7) is 2.51. The second-order valence-corrected chi connectivity index (χ2v) is 5.45. The van der Waals surface area contributed by atoms with Crippen LogP contribution in [0, 0.1) is 6.92 Å². The van der Waals surface area contributed by atoms with Crippen molar-refractivity contribution in [3.05, 3.63) is 63.6 Å². The number of carbonyl (C=O) groups is 1. The molecule has 2 aromatic rings. The Hall–Kier alpha value is -1.71. The summed E-state index contributed by atoms with van der Waals surface area (Å²) in [7, 11) is 0. The zero-order chi connectivity index (χ0) is 15.2. The molecule has 0 radical (unpaired) electrons. The third-order valence-corrected chi connectivity index (χ3v) is 3.92. The Kier molecular flexibility index (Phi) is 5.48. The van der Waals surface area contributed by atoms with Gasteiger partial charge in [-0.1, -0.05) is 47.5 Å². The Labute approximate surface area is 134 Å². The van der Waals surface area contributed by atoms with Crippen molar-refractivity contribution in [1.82, 2.24) is 5.32 Å². The number of nitrogens with one attached hydrogen (secondary N) is 2. The molecule has 21 heavy (non-hydrogen) atoms. The monoisotopic (exact) mass is 322 g/mol. The number of amides is 1. The highest BCUT2D eigenvalue weighted by Crippen LogP contribution is 2.22. The van der Waals surface area contributed by atoms with E-state index in [0.717, 1.165) is 16.8 Å². The molecule has 0 heterocycles. The lowest BCUT2D eigenvalue weighted by Gasteiger charge is -2.11. The first kappa shape index (κ1) is 15.7. The Morgan fingerprint density at radius 1 is 1.05 bits per heavy atom. The third-order valence-electron chi connectivity index (χ3n) is 3.14. The summed E-state index contributed by atoms with van der Waals surface area (Å²) in [6.07, 6.45) is 0. The van der Waals surface area contributed by atoms with E-state index in [9.17, 15) is 4.79 Å². The van der Waals surface area contributed by atoms with Crippen LogP contribution in [0.4, 0.5) is 5.69 Å². The number of anilines is 1. The molecule has 0 aromatic heterocycles. The highest BCUT2D eigenvalue weighted by molar-refractivity contribution is 6.31. The maximum absolute atomic E-state index is 11.8. The molecule has 0 unspecified atom stereocenters. The summed E-state index contributed by atoms with van der Waals surface area (Å²) in [6, 6.07) is 13.0. The Morgan fingerprint density at radius 3 is 2.52 bits per heavy atom. The number of halogens is 2. The molecule has 0 spiro atoms. The highest BCUT2D eigenvalue weighted by Gasteiger charge is 2.06. The summed E-state index contributed by atoms with van der Waals surface area (Å²) >= 11 is 12.1. The van der Waals surface area contributed by atoms with Crippen LogP contribution < -0.4 is 10.6 Å². The third kappa shape index (κ3) is 4.38. The van der Waals surface area contributed by atoms with Crippen LogP contribution in [0.2, 0.25) is 10.0 Å². The molecule has 1 amide bonds. The van der Waals surface area contributed by atoms with Crippen LogP contribution in [0.5, 0.6) is 0 Å². The average Bonchev–Trinajstić information content (AvgIpc) is 2.48. The predicted octanol–water partition coefficient (Wildman–Crippen LogP) is 4.03. The fraction of sp³-hybridized carbons (Fsp3) is 0.188. The largest absolute Gasteiger partial charge is 0.376 e. The molecule has 0 atom stereocenters. The lowest BCUT2D eigenvalue weighted by molar-refractivity contribution is -0.119. The van der Waals surface area contributed by atoms with Gasteiger partial charge in [-0.2, -0.15) is 0 Å². The van der Waals surface area contributed by atoms with E-state index >= 15 is 0 Å². The van der Waals surface area contributed by atoms with Crippen LogP contribution >= 0.6 is 23.2 Å². The fourth-order valence-corrected chi connectivity index (χ4v) is 2.25. The van der Waals surface area contributed by atoms with Crippen LogP contribution in [0.1, 0.15) is 11.1 Å². The molecular weight excluding hydrogens is 307 g/mol. The smallest absolute Gasteiger partial charge is 0.239 e. The lowest BCUT2D eigenvalue weighted by Crippen LogP contribution is -2.29. The van der Waals surface area contributed by atoms with Gasteiger partial charge >= 0.3 is 0 Å². The van der Waals surface area contributed by atoms with E-state index in [1.54, 1.807) is 6.07 Å². The summed E-state index contributed by atoms with van der Waals surface area (Å²) in [5.41, 5.74) is 2.68. The van der Waals surface area contributed by atoms with Gasteiger partial charge in [0.25, 0.3) is 0 Å². The van der Waals surface area contributed by atoms with E-state index in [2.05, 4.69) is 10.6 Å². The number of carbonyl (C=O) groups excluding carboxylic acids is 1. The van der Waals surface area contributed by atoms with Crippen molar-refractivity contribution >= 4 is 34.8 Å². The lowest BCUT2D eigenvalue weighted by atomic mass is 10.2. The topological polar surface area (TPSA) is 41.1 Å². The summed E-state index contributed by atoms with van der Waals surface area (Å²) in [5.74, 6) is -0.103.